The first kappa shape index (κ1) is 14.9. The highest BCUT2D eigenvalue weighted by molar-refractivity contribution is 9.10. The highest BCUT2D eigenvalue weighted by Gasteiger charge is 2.15. The average molecular weight is 366 g/mol. The maximum Gasteiger partial charge on any atom is 0.222 e. The second-order valence-corrected chi connectivity index (χ2v) is 5.59. The molecule has 3 heterocycles. The number of pyridine rings is 1. The Bertz CT molecular complexity index is 835. The zero-order valence-corrected chi connectivity index (χ0v) is 13.1. The molecule has 3 N–H and O–H groups in total. The summed E-state index contributed by atoms with van der Waals surface area (Å²) < 4.78 is 16.3. The number of fused-ring (bicyclic) bond motifs is 1. The van der Waals surface area contributed by atoms with Gasteiger partial charge in [0.2, 0.25) is 5.95 Å². The molecule has 3 rings (SSSR count). The topological polar surface area (TPSA) is 89.8 Å². The number of halogens is 2. The van der Waals surface area contributed by atoms with Gasteiger partial charge in [-0.3, -0.25) is 4.57 Å². The lowest BCUT2D eigenvalue weighted by molar-refractivity contribution is 0.288. The second kappa shape index (κ2) is 5.98. The van der Waals surface area contributed by atoms with Gasteiger partial charge in [-0.1, -0.05) is 0 Å². The van der Waals surface area contributed by atoms with Crippen LogP contribution in [0.15, 0.2) is 29.3 Å². The van der Waals surface area contributed by atoms with Crippen molar-refractivity contribution in [2.24, 2.45) is 0 Å². The van der Waals surface area contributed by atoms with Crippen LogP contribution in [-0.4, -0.2) is 31.2 Å². The molecule has 114 valence electrons. The minimum absolute atomic E-state index is 0.00304. The first-order valence-corrected chi connectivity index (χ1v) is 7.44. The number of aliphatic hydroxyl groups is 1. The molecule has 22 heavy (non-hydrogen) atoms. The minimum Gasteiger partial charge on any atom is -0.396 e. The minimum atomic E-state index is -0.562. The third-order valence-electron chi connectivity index (χ3n) is 3.32. The average Bonchev–Trinajstić information content (AvgIpc) is 2.85. The molecule has 0 aromatic carbocycles. The zero-order chi connectivity index (χ0) is 15.7. The van der Waals surface area contributed by atoms with Crippen LogP contribution in [0.5, 0.6) is 0 Å². The number of nitrogens with zero attached hydrogens (tertiary/aromatic N) is 4. The number of aliphatic hydroxyl groups excluding tert-OH is 1. The van der Waals surface area contributed by atoms with Crippen LogP contribution in [0.3, 0.4) is 0 Å². The first-order valence-electron chi connectivity index (χ1n) is 6.65. The number of aryl methyl sites for hydroxylation is 1. The second-order valence-electron chi connectivity index (χ2n) is 4.78. The van der Waals surface area contributed by atoms with E-state index in [0.29, 0.717) is 17.4 Å². The van der Waals surface area contributed by atoms with Gasteiger partial charge in [0, 0.05) is 24.4 Å². The number of anilines is 1. The van der Waals surface area contributed by atoms with Crippen LogP contribution in [-0.2, 0) is 6.42 Å². The Balaban J connectivity index is 2.24. The predicted molar refractivity (Wildman–Crippen MR) is 84.1 cm³/mol. The molecule has 6 nitrogen and oxygen atoms in total. The third kappa shape index (κ3) is 2.67. The third-order valence-corrected chi connectivity index (χ3v) is 3.75. The van der Waals surface area contributed by atoms with Crippen molar-refractivity contribution >= 4 is 32.8 Å². The van der Waals surface area contributed by atoms with Gasteiger partial charge in [0.25, 0.3) is 0 Å². The number of aromatic nitrogens is 4. The predicted octanol–water partition coefficient (Wildman–Crippen LogP) is 2.22. The van der Waals surface area contributed by atoms with E-state index in [9.17, 15) is 4.39 Å². The number of hydrogen-bond acceptors (Lipinski definition) is 5. The molecule has 0 saturated heterocycles. The molecule has 0 radical (unpaired) electrons. The molecule has 0 fully saturated rings. The summed E-state index contributed by atoms with van der Waals surface area (Å²) in [6, 6.07) is 1.79. The quantitative estimate of drug-likeness (QED) is 0.691. The summed E-state index contributed by atoms with van der Waals surface area (Å²) in [6.07, 6.45) is 5.83. The molecule has 3 aromatic heterocycles. The summed E-state index contributed by atoms with van der Waals surface area (Å²) in [4.78, 5) is 11.8. The summed E-state index contributed by atoms with van der Waals surface area (Å²) in [5.74, 6) is -0.470. The van der Waals surface area contributed by atoms with E-state index in [4.69, 9.17) is 10.8 Å². The van der Waals surface area contributed by atoms with Crippen LogP contribution < -0.4 is 5.73 Å². The molecule has 0 amide bonds. The van der Waals surface area contributed by atoms with Gasteiger partial charge in [0.05, 0.1) is 11.7 Å². The van der Waals surface area contributed by atoms with E-state index in [1.807, 2.05) is 0 Å². The van der Waals surface area contributed by atoms with Gasteiger partial charge in [0.1, 0.15) is 4.60 Å². The van der Waals surface area contributed by atoms with Crippen molar-refractivity contribution in [1.29, 1.82) is 0 Å². The van der Waals surface area contributed by atoms with E-state index in [0.717, 1.165) is 22.7 Å². The summed E-state index contributed by atoms with van der Waals surface area (Å²) in [7, 11) is 0. The van der Waals surface area contributed by atoms with E-state index in [1.54, 1.807) is 23.0 Å². The molecule has 0 aliphatic carbocycles. The summed E-state index contributed by atoms with van der Waals surface area (Å²) in [6.45, 7) is 0.0887. The fraction of sp³-hybridized carbons (Fsp3) is 0.214. The zero-order valence-electron chi connectivity index (χ0n) is 11.5. The normalized spacial score (nSPS) is 11.2. The van der Waals surface area contributed by atoms with Gasteiger partial charge >= 0.3 is 0 Å². The van der Waals surface area contributed by atoms with Crippen LogP contribution in [0.2, 0.25) is 0 Å². The van der Waals surface area contributed by atoms with Crippen molar-refractivity contribution in [2.45, 2.75) is 12.8 Å². The standard InChI is InChI=1S/C14H13BrFN5O/c15-12-4-11-9(5-18-12)8(2-1-3-22)7-21(11)13-10(16)6-19-14(17)20-13/h4-7,22H,1-3H2,(H2,17,19,20). The monoisotopic (exact) mass is 365 g/mol. The SMILES string of the molecule is Nc1ncc(F)c(-n2cc(CCCO)c3cnc(Br)cc32)n1. The molecule has 0 aliphatic heterocycles. The van der Waals surface area contributed by atoms with Crippen molar-refractivity contribution in [3.63, 3.8) is 0 Å². The van der Waals surface area contributed by atoms with Gasteiger partial charge in [-0.05, 0) is 40.4 Å². The maximum atomic E-state index is 14.1. The first-order chi connectivity index (χ1) is 10.6. The Morgan fingerprint density at radius 3 is 2.91 bits per heavy atom. The fourth-order valence-corrected chi connectivity index (χ4v) is 2.67. The van der Waals surface area contributed by atoms with Crippen LogP contribution in [0.1, 0.15) is 12.0 Å². The van der Waals surface area contributed by atoms with E-state index < -0.39 is 5.82 Å². The number of hydrogen-bond donors (Lipinski definition) is 2. The fourth-order valence-electron chi connectivity index (χ4n) is 2.35. The molecule has 8 heteroatoms. The molecular weight excluding hydrogens is 353 g/mol. The summed E-state index contributed by atoms with van der Waals surface area (Å²) in [5.41, 5.74) is 7.28. The molecule has 0 aliphatic rings. The van der Waals surface area contributed by atoms with Gasteiger partial charge < -0.3 is 10.8 Å². The Labute approximate surface area is 134 Å². The Kier molecular flexibility index (Phi) is 4.04. The van der Waals surface area contributed by atoms with Crippen molar-refractivity contribution in [3.05, 3.63) is 40.6 Å². The van der Waals surface area contributed by atoms with Gasteiger partial charge in [0.15, 0.2) is 11.6 Å². The molecule has 0 bridgehead atoms. The van der Waals surface area contributed by atoms with Crippen molar-refractivity contribution in [1.82, 2.24) is 19.5 Å². The highest BCUT2D eigenvalue weighted by atomic mass is 79.9. The van der Waals surface area contributed by atoms with Crippen LogP contribution in [0.4, 0.5) is 10.3 Å². The van der Waals surface area contributed by atoms with Crippen LogP contribution >= 0.6 is 15.9 Å². The maximum absolute atomic E-state index is 14.1. The van der Waals surface area contributed by atoms with E-state index in [2.05, 4.69) is 30.9 Å². The number of nitrogens with two attached hydrogens (primary N) is 1. The smallest absolute Gasteiger partial charge is 0.222 e. The summed E-state index contributed by atoms with van der Waals surface area (Å²) in [5, 5.41) is 9.90. The molecule has 0 spiro atoms. The van der Waals surface area contributed by atoms with Crippen molar-refractivity contribution in [2.75, 3.05) is 12.3 Å². The van der Waals surface area contributed by atoms with Gasteiger partial charge in [-0.25, -0.2) is 14.4 Å². The number of nitrogen functional groups attached to an aromatic ring is 1. The highest BCUT2D eigenvalue weighted by Crippen LogP contribution is 2.27. The van der Waals surface area contributed by atoms with Crippen LogP contribution in [0, 0.1) is 5.82 Å². The van der Waals surface area contributed by atoms with Gasteiger partial charge in [-0.2, -0.15) is 4.98 Å². The van der Waals surface area contributed by atoms with Gasteiger partial charge in [-0.15, -0.1) is 0 Å². The Morgan fingerprint density at radius 2 is 2.14 bits per heavy atom. The Morgan fingerprint density at radius 1 is 1.32 bits per heavy atom. The molecule has 0 saturated carbocycles. The van der Waals surface area contributed by atoms with Crippen molar-refractivity contribution < 1.29 is 9.50 Å². The number of rotatable bonds is 4. The van der Waals surface area contributed by atoms with E-state index in [-0.39, 0.29) is 18.4 Å². The summed E-state index contributed by atoms with van der Waals surface area (Å²) >= 11 is 3.32. The van der Waals surface area contributed by atoms with E-state index in [1.165, 1.54) is 0 Å². The van der Waals surface area contributed by atoms with Crippen molar-refractivity contribution in [3.8, 4) is 5.82 Å². The Hall–Kier alpha value is -2.06. The lowest BCUT2D eigenvalue weighted by atomic mass is 10.1. The molecule has 0 unspecified atom stereocenters. The van der Waals surface area contributed by atoms with Crippen LogP contribution in [0.25, 0.3) is 16.7 Å². The van der Waals surface area contributed by atoms with E-state index >= 15 is 0 Å². The lowest BCUT2D eigenvalue weighted by Crippen LogP contribution is -2.04. The molecule has 3 aromatic rings. The molecular formula is C14H13BrFN5O. The lowest BCUT2D eigenvalue weighted by Gasteiger charge is -2.06. The largest absolute Gasteiger partial charge is 0.396 e. The molecule has 0 atom stereocenters.